The van der Waals surface area contributed by atoms with Crippen molar-refractivity contribution >= 4 is 11.5 Å². The van der Waals surface area contributed by atoms with Gasteiger partial charge < -0.3 is 10.0 Å². The molecule has 0 saturated heterocycles. The van der Waals surface area contributed by atoms with Crippen LogP contribution in [0.4, 0.5) is 11.5 Å². The Hall–Kier alpha value is -2.20. The van der Waals surface area contributed by atoms with Gasteiger partial charge >= 0.3 is 5.69 Å². The molecule has 0 fully saturated rings. The van der Waals surface area contributed by atoms with Crippen LogP contribution in [0, 0.1) is 21.4 Å². The molecule has 1 N–H and O–H groups in total. The van der Waals surface area contributed by atoms with E-state index >= 15 is 0 Å². The number of nitriles is 1. The number of aliphatic hydroxyl groups excluding tert-OH is 1. The first-order valence-corrected chi connectivity index (χ1v) is 6.51. The highest BCUT2D eigenvalue weighted by molar-refractivity contribution is 5.65. The molecule has 20 heavy (non-hydrogen) atoms. The van der Waals surface area contributed by atoms with Crippen LogP contribution in [0.25, 0.3) is 0 Å². The molecule has 1 heterocycles. The van der Waals surface area contributed by atoms with Crippen LogP contribution in [0.2, 0.25) is 0 Å². The molecule has 0 bridgehead atoms. The van der Waals surface area contributed by atoms with Crippen molar-refractivity contribution in [1.29, 1.82) is 5.26 Å². The van der Waals surface area contributed by atoms with E-state index in [0.717, 1.165) is 12.8 Å². The van der Waals surface area contributed by atoms with Gasteiger partial charge in [-0.2, -0.15) is 5.26 Å². The zero-order valence-electron chi connectivity index (χ0n) is 11.6. The topological polar surface area (TPSA) is 103 Å². The van der Waals surface area contributed by atoms with Gasteiger partial charge in [-0.25, -0.2) is 4.98 Å². The van der Waals surface area contributed by atoms with Crippen LogP contribution >= 0.6 is 0 Å². The minimum Gasteiger partial charge on any atom is -0.395 e. The molecule has 0 atom stereocenters. The summed E-state index contributed by atoms with van der Waals surface area (Å²) in [6, 6.07) is 3.17. The standard InChI is InChI=1S/C13H18N4O3/c1-3-11(4-2)16(7-8-18)13-12(17(19)20)10(9-14)5-6-15-13/h5-6,11,18H,3-4,7-8H2,1-2H3. The molecule has 1 aromatic heterocycles. The maximum absolute atomic E-state index is 11.2. The Morgan fingerprint density at radius 1 is 1.55 bits per heavy atom. The first kappa shape index (κ1) is 15.9. The highest BCUT2D eigenvalue weighted by Crippen LogP contribution is 2.31. The van der Waals surface area contributed by atoms with E-state index in [1.807, 2.05) is 19.9 Å². The van der Waals surface area contributed by atoms with Gasteiger partial charge in [0, 0.05) is 18.8 Å². The molecule has 7 nitrogen and oxygen atoms in total. The number of rotatable bonds is 7. The zero-order valence-corrected chi connectivity index (χ0v) is 11.6. The van der Waals surface area contributed by atoms with Gasteiger partial charge in [0.15, 0.2) is 0 Å². The third-order valence-electron chi connectivity index (χ3n) is 3.20. The van der Waals surface area contributed by atoms with Gasteiger partial charge in [0.1, 0.15) is 11.6 Å². The van der Waals surface area contributed by atoms with Crippen molar-refractivity contribution in [2.24, 2.45) is 0 Å². The highest BCUT2D eigenvalue weighted by atomic mass is 16.6. The van der Waals surface area contributed by atoms with Crippen LogP contribution in [-0.2, 0) is 0 Å². The monoisotopic (exact) mass is 278 g/mol. The molecule has 108 valence electrons. The van der Waals surface area contributed by atoms with E-state index in [9.17, 15) is 15.2 Å². The van der Waals surface area contributed by atoms with Crippen LogP contribution in [0.1, 0.15) is 32.3 Å². The summed E-state index contributed by atoms with van der Waals surface area (Å²) in [5.41, 5.74) is -0.316. The number of nitro groups is 1. The molecule has 0 saturated carbocycles. The van der Waals surface area contributed by atoms with Gasteiger partial charge in [0.2, 0.25) is 5.82 Å². The maximum Gasteiger partial charge on any atom is 0.329 e. The lowest BCUT2D eigenvalue weighted by Gasteiger charge is -2.30. The number of anilines is 1. The second-order valence-electron chi connectivity index (χ2n) is 4.29. The lowest BCUT2D eigenvalue weighted by atomic mass is 10.1. The van der Waals surface area contributed by atoms with Crippen molar-refractivity contribution in [2.45, 2.75) is 32.7 Å². The van der Waals surface area contributed by atoms with Gasteiger partial charge in [-0.1, -0.05) is 13.8 Å². The summed E-state index contributed by atoms with van der Waals surface area (Å²) in [5.74, 6) is 0.150. The molecule has 0 aliphatic heterocycles. The normalized spacial score (nSPS) is 10.3. The van der Waals surface area contributed by atoms with E-state index in [1.54, 1.807) is 4.90 Å². The minimum absolute atomic E-state index is 0.0195. The molecule has 0 aliphatic rings. The molecule has 1 rings (SSSR count). The number of hydrogen-bond donors (Lipinski definition) is 1. The maximum atomic E-state index is 11.2. The Kier molecular flexibility index (Phi) is 5.87. The van der Waals surface area contributed by atoms with Gasteiger partial charge in [-0.05, 0) is 18.9 Å². The van der Waals surface area contributed by atoms with E-state index in [2.05, 4.69) is 4.98 Å². The number of aromatic nitrogens is 1. The van der Waals surface area contributed by atoms with Crippen molar-refractivity contribution in [3.8, 4) is 6.07 Å². The van der Waals surface area contributed by atoms with Crippen molar-refractivity contribution in [3.63, 3.8) is 0 Å². The molecular weight excluding hydrogens is 260 g/mol. The van der Waals surface area contributed by atoms with Crippen LogP contribution in [0.3, 0.4) is 0 Å². The van der Waals surface area contributed by atoms with E-state index in [4.69, 9.17) is 5.26 Å². The summed E-state index contributed by atoms with van der Waals surface area (Å²) >= 11 is 0. The van der Waals surface area contributed by atoms with Crippen LogP contribution in [0.5, 0.6) is 0 Å². The zero-order chi connectivity index (χ0) is 15.1. The lowest BCUT2D eigenvalue weighted by molar-refractivity contribution is -0.384. The van der Waals surface area contributed by atoms with Crippen molar-refractivity contribution in [2.75, 3.05) is 18.1 Å². The number of hydrogen-bond acceptors (Lipinski definition) is 6. The van der Waals surface area contributed by atoms with E-state index in [-0.39, 0.29) is 36.3 Å². The Labute approximate surface area is 117 Å². The van der Waals surface area contributed by atoms with Gasteiger partial charge in [-0.15, -0.1) is 0 Å². The second kappa shape index (κ2) is 7.40. The predicted octanol–water partition coefficient (Wildman–Crippen LogP) is 1.85. The quantitative estimate of drug-likeness (QED) is 0.603. The van der Waals surface area contributed by atoms with Crippen LogP contribution < -0.4 is 4.90 Å². The van der Waals surface area contributed by atoms with Gasteiger partial charge in [0.05, 0.1) is 11.5 Å². The molecule has 0 amide bonds. The minimum atomic E-state index is -0.590. The molecule has 0 aromatic carbocycles. The molecule has 0 unspecified atom stereocenters. The molecular formula is C13H18N4O3. The van der Waals surface area contributed by atoms with E-state index in [0.29, 0.717) is 0 Å². The molecule has 7 heteroatoms. The number of pyridine rings is 1. The first-order valence-electron chi connectivity index (χ1n) is 6.51. The second-order valence-corrected chi connectivity index (χ2v) is 4.29. The van der Waals surface area contributed by atoms with Gasteiger partial charge in [0.25, 0.3) is 0 Å². The Morgan fingerprint density at radius 2 is 2.20 bits per heavy atom. The fraction of sp³-hybridized carbons (Fsp3) is 0.538. The number of nitrogens with zero attached hydrogens (tertiary/aromatic N) is 4. The third-order valence-corrected chi connectivity index (χ3v) is 3.20. The number of aliphatic hydroxyl groups is 1. The summed E-state index contributed by atoms with van der Waals surface area (Å²) in [7, 11) is 0. The Morgan fingerprint density at radius 3 is 2.65 bits per heavy atom. The fourth-order valence-corrected chi connectivity index (χ4v) is 2.22. The largest absolute Gasteiger partial charge is 0.395 e. The van der Waals surface area contributed by atoms with Crippen molar-refractivity contribution < 1.29 is 10.0 Å². The fourth-order valence-electron chi connectivity index (χ4n) is 2.22. The van der Waals surface area contributed by atoms with Crippen LogP contribution in [0.15, 0.2) is 12.3 Å². The molecule has 1 aromatic rings. The van der Waals surface area contributed by atoms with E-state index < -0.39 is 4.92 Å². The summed E-state index contributed by atoms with van der Waals surface area (Å²) in [6.45, 7) is 4.05. The smallest absolute Gasteiger partial charge is 0.329 e. The van der Waals surface area contributed by atoms with Crippen LogP contribution in [-0.4, -0.2) is 34.2 Å². The molecule has 0 spiro atoms. The van der Waals surface area contributed by atoms with E-state index in [1.165, 1.54) is 12.3 Å². The lowest BCUT2D eigenvalue weighted by Crippen LogP contribution is -2.38. The third kappa shape index (κ3) is 3.22. The predicted molar refractivity (Wildman–Crippen MR) is 74.4 cm³/mol. The van der Waals surface area contributed by atoms with Crippen molar-refractivity contribution in [3.05, 3.63) is 27.9 Å². The average Bonchev–Trinajstić information content (AvgIpc) is 2.46. The molecule has 0 radical (unpaired) electrons. The Balaban J connectivity index is 3.40. The average molecular weight is 278 g/mol. The highest BCUT2D eigenvalue weighted by Gasteiger charge is 2.28. The Bertz CT molecular complexity index is 509. The van der Waals surface area contributed by atoms with Gasteiger partial charge in [-0.3, -0.25) is 10.1 Å². The molecule has 0 aliphatic carbocycles. The first-order chi connectivity index (χ1) is 9.60. The summed E-state index contributed by atoms with van der Waals surface area (Å²) in [5, 5.41) is 29.4. The van der Waals surface area contributed by atoms with Crippen molar-refractivity contribution in [1.82, 2.24) is 4.98 Å². The SMILES string of the molecule is CCC(CC)N(CCO)c1nccc(C#N)c1[N+](=O)[O-]. The summed E-state index contributed by atoms with van der Waals surface area (Å²) in [4.78, 5) is 16.4. The summed E-state index contributed by atoms with van der Waals surface area (Å²) in [6.07, 6.45) is 2.92. The summed E-state index contributed by atoms with van der Waals surface area (Å²) < 4.78 is 0.